The van der Waals surface area contributed by atoms with Crippen molar-refractivity contribution in [3.05, 3.63) is 53.6 Å². The molecule has 3 rings (SSSR count). The van der Waals surface area contributed by atoms with Crippen molar-refractivity contribution >= 4 is 23.2 Å². The number of anilines is 2. The van der Waals surface area contributed by atoms with E-state index in [1.165, 1.54) is 0 Å². The van der Waals surface area contributed by atoms with Gasteiger partial charge in [0.15, 0.2) is 0 Å². The zero-order valence-corrected chi connectivity index (χ0v) is 15.4. The van der Waals surface area contributed by atoms with Crippen molar-refractivity contribution in [2.24, 2.45) is 5.41 Å². The molecule has 5 nitrogen and oxygen atoms in total. The molecule has 2 aromatic rings. The Kier molecular flexibility index (Phi) is 4.98. The first kappa shape index (κ1) is 18.0. The number of hydrogen-bond donors (Lipinski definition) is 2. The van der Waals surface area contributed by atoms with Gasteiger partial charge in [-0.15, -0.1) is 0 Å². The Morgan fingerprint density at radius 1 is 0.923 bits per heavy atom. The summed E-state index contributed by atoms with van der Waals surface area (Å²) in [6, 6.07) is 13.0. The summed E-state index contributed by atoms with van der Waals surface area (Å²) in [5.41, 5.74) is 2.56. The molecule has 1 aliphatic rings. The van der Waals surface area contributed by atoms with E-state index in [-0.39, 0.29) is 11.8 Å². The highest BCUT2D eigenvalue weighted by Crippen LogP contribution is 2.47. The number of ether oxygens (including phenoxy) is 1. The van der Waals surface area contributed by atoms with Crippen molar-refractivity contribution in [3.63, 3.8) is 0 Å². The highest BCUT2D eigenvalue weighted by Gasteiger charge is 2.56. The topological polar surface area (TPSA) is 67.4 Å². The molecule has 0 heterocycles. The van der Waals surface area contributed by atoms with E-state index in [1.54, 1.807) is 24.3 Å². The van der Waals surface area contributed by atoms with Crippen molar-refractivity contribution in [1.82, 2.24) is 0 Å². The Balaban J connectivity index is 1.67. The summed E-state index contributed by atoms with van der Waals surface area (Å²) in [4.78, 5) is 25.4. The van der Waals surface area contributed by atoms with Crippen LogP contribution in [0.15, 0.2) is 42.5 Å². The summed E-state index contributed by atoms with van der Waals surface area (Å²) in [6.45, 7) is 6.47. The Bertz CT molecular complexity index is 803. The van der Waals surface area contributed by atoms with Crippen molar-refractivity contribution in [3.8, 4) is 5.75 Å². The molecule has 2 aromatic carbocycles. The van der Waals surface area contributed by atoms with Crippen LogP contribution in [-0.2, 0) is 9.59 Å². The molecule has 0 aliphatic heterocycles. The van der Waals surface area contributed by atoms with Crippen LogP contribution < -0.4 is 15.4 Å². The fraction of sp³-hybridized carbons (Fsp3) is 0.333. The van der Waals surface area contributed by atoms with Gasteiger partial charge in [-0.25, -0.2) is 0 Å². The number of carbonyl (C=O) groups excluding carboxylic acids is 2. The van der Waals surface area contributed by atoms with Crippen LogP contribution in [0.4, 0.5) is 11.4 Å². The lowest BCUT2D eigenvalue weighted by atomic mass is 10.0. The fourth-order valence-corrected chi connectivity index (χ4v) is 3.03. The van der Waals surface area contributed by atoms with Crippen LogP contribution in [0.3, 0.4) is 0 Å². The highest BCUT2D eigenvalue weighted by atomic mass is 16.5. The summed E-state index contributed by atoms with van der Waals surface area (Å²) in [6.07, 6.45) is 1.12. The lowest BCUT2D eigenvalue weighted by Crippen LogP contribution is -2.35. The van der Waals surface area contributed by atoms with Crippen LogP contribution in [-0.4, -0.2) is 18.4 Å². The zero-order valence-electron chi connectivity index (χ0n) is 15.4. The summed E-state index contributed by atoms with van der Waals surface area (Å²) in [7, 11) is 0. The highest BCUT2D eigenvalue weighted by molar-refractivity contribution is 6.16. The first-order valence-electron chi connectivity index (χ1n) is 8.87. The number of carbonyl (C=O) groups is 2. The number of benzene rings is 2. The molecule has 1 fully saturated rings. The van der Waals surface area contributed by atoms with Crippen LogP contribution in [0.2, 0.25) is 0 Å². The summed E-state index contributed by atoms with van der Waals surface area (Å²) in [5, 5.41) is 5.75. The Morgan fingerprint density at radius 3 is 1.96 bits per heavy atom. The molecular weight excluding hydrogens is 328 g/mol. The summed E-state index contributed by atoms with van der Waals surface area (Å²) < 4.78 is 5.39. The molecule has 1 aliphatic carbocycles. The maximum Gasteiger partial charge on any atom is 0.240 e. The van der Waals surface area contributed by atoms with E-state index in [0.717, 1.165) is 22.6 Å². The van der Waals surface area contributed by atoms with Gasteiger partial charge in [0.25, 0.3) is 0 Å². The minimum absolute atomic E-state index is 0.245. The van der Waals surface area contributed by atoms with Crippen molar-refractivity contribution in [1.29, 1.82) is 0 Å². The van der Waals surface area contributed by atoms with Gasteiger partial charge in [-0.1, -0.05) is 6.07 Å². The molecule has 0 spiro atoms. The monoisotopic (exact) mass is 352 g/mol. The molecule has 0 saturated heterocycles. The SMILES string of the molecule is CCOc1ccc(NC(=O)C2(C(=O)Nc3cc(C)cc(C)c3)CC2)cc1. The minimum Gasteiger partial charge on any atom is -0.494 e. The van der Waals surface area contributed by atoms with Gasteiger partial charge in [-0.05, 0) is 81.1 Å². The molecule has 26 heavy (non-hydrogen) atoms. The van der Waals surface area contributed by atoms with Crippen molar-refractivity contribution in [2.75, 3.05) is 17.2 Å². The predicted octanol–water partition coefficient (Wildman–Crippen LogP) is 4.06. The lowest BCUT2D eigenvalue weighted by molar-refractivity contribution is -0.131. The molecule has 0 aromatic heterocycles. The lowest BCUT2D eigenvalue weighted by Gasteiger charge is -2.16. The maximum absolute atomic E-state index is 12.7. The van der Waals surface area contributed by atoms with Crippen molar-refractivity contribution < 1.29 is 14.3 Å². The Morgan fingerprint density at radius 2 is 1.46 bits per heavy atom. The molecule has 1 saturated carbocycles. The van der Waals surface area contributed by atoms with Crippen LogP contribution in [0.1, 0.15) is 30.9 Å². The second-order valence-electron chi connectivity index (χ2n) is 6.82. The molecule has 0 atom stereocenters. The largest absolute Gasteiger partial charge is 0.494 e. The van der Waals surface area contributed by atoms with E-state index in [4.69, 9.17) is 4.74 Å². The van der Waals surface area contributed by atoms with Crippen LogP contribution in [0, 0.1) is 19.3 Å². The predicted molar refractivity (Wildman–Crippen MR) is 102 cm³/mol. The second-order valence-corrected chi connectivity index (χ2v) is 6.82. The third kappa shape index (κ3) is 3.87. The number of aryl methyl sites for hydroxylation is 2. The van der Waals surface area contributed by atoms with Gasteiger partial charge in [0.1, 0.15) is 11.2 Å². The number of nitrogens with one attached hydrogen (secondary N) is 2. The van der Waals surface area contributed by atoms with Gasteiger partial charge in [0, 0.05) is 11.4 Å². The van der Waals surface area contributed by atoms with Crippen LogP contribution >= 0.6 is 0 Å². The van der Waals surface area contributed by atoms with E-state index < -0.39 is 5.41 Å². The summed E-state index contributed by atoms with van der Waals surface area (Å²) in [5.74, 6) is 0.244. The molecule has 0 bridgehead atoms. The van der Waals surface area contributed by atoms with Gasteiger partial charge in [-0.3, -0.25) is 9.59 Å². The van der Waals surface area contributed by atoms with E-state index in [2.05, 4.69) is 10.6 Å². The minimum atomic E-state index is -0.976. The third-order valence-electron chi connectivity index (χ3n) is 4.52. The van der Waals surface area contributed by atoms with Gasteiger partial charge in [-0.2, -0.15) is 0 Å². The quantitative estimate of drug-likeness (QED) is 0.771. The molecule has 0 unspecified atom stereocenters. The van der Waals surface area contributed by atoms with E-state index in [0.29, 0.717) is 25.1 Å². The van der Waals surface area contributed by atoms with Gasteiger partial charge < -0.3 is 15.4 Å². The molecule has 2 amide bonds. The fourth-order valence-electron chi connectivity index (χ4n) is 3.03. The van der Waals surface area contributed by atoms with E-state index >= 15 is 0 Å². The van der Waals surface area contributed by atoms with Gasteiger partial charge >= 0.3 is 0 Å². The number of hydrogen-bond acceptors (Lipinski definition) is 3. The average molecular weight is 352 g/mol. The van der Waals surface area contributed by atoms with Crippen LogP contribution in [0.25, 0.3) is 0 Å². The first-order chi connectivity index (χ1) is 12.4. The Labute approximate surface area is 153 Å². The zero-order chi connectivity index (χ0) is 18.7. The Hall–Kier alpha value is -2.82. The van der Waals surface area contributed by atoms with Crippen molar-refractivity contribution in [2.45, 2.75) is 33.6 Å². The first-order valence-corrected chi connectivity index (χ1v) is 8.87. The van der Waals surface area contributed by atoms with Crippen LogP contribution in [0.5, 0.6) is 5.75 Å². The summed E-state index contributed by atoms with van der Waals surface area (Å²) >= 11 is 0. The second kappa shape index (κ2) is 7.20. The number of rotatable bonds is 6. The molecule has 5 heteroatoms. The number of amides is 2. The maximum atomic E-state index is 12.7. The van der Waals surface area contributed by atoms with Gasteiger partial charge in [0.05, 0.1) is 6.61 Å². The smallest absolute Gasteiger partial charge is 0.240 e. The van der Waals surface area contributed by atoms with Gasteiger partial charge in [0.2, 0.25) is 11.8 Å². The molecule has 136 valence electrons. The third-order valence-corrected chi connectivity index (χ3v) is 4.52. The average Bonchev–Trinajstić information content (AvgIpc) is 3.38. The molecule has 2 N–H and O–H groups in total. The van der Waals surface area contributed by atoms with E-state index in [9.17, 15) is 9.59 Å². The molecule has 0 radical (unpaired) electrons. The normalized spacial score (nSPS) is 14.4. The molecular formula is C21H24N2O3. The van der Waals surface area contributed by atoms with E-state index in [1.807, 2.05) is 39.0 Å². The standard InChI is InChI=1S/C21H24N2O3/c1-4-26-18-7-5-16(6-8-18)22-19(24)21(9-10-21)20(25)23-17-12-14(2)11-15(3)13-17/h5-8,11-13H,4,9-10H2,1-3H3,(H,22,24)(H,23,25).